The minimum Gasteiger partial charge on any atom is -0.387 e. The fraction of sp³-hybridized carbons (Fsp3) is 0.471. The lowest BCUT2D eigenvalue weighted by molar-refractivity contribution is 0.120. The Morgan fingerprint density at radius 1 is 1.05 bits per heavy atom. The van der Waals surface area contributed by atoms with Crippen LogP contribution in [0.25, 0.3) is 10.9 Å². The molecule has 0 spiro atoms. The first-order valence-corrected chi connectivity index (χ1v) is 7.48. The molecular formula is C17H26Cl2N2O. The number of rotatable bonds is 6. The maximum absolute atomic E-state index is 10.5. The molecule has 0 amide bonds. The summed E-state index contributed by atoms with van der Waals surface area (Å²) in [7, 11) is 0. The molecule has 1 atom stereocenters. The van der Waals surface area contributed by atoms with Crippen molar-refractivity contribution >= 4 is 35.7 Å². The Labute approximate surface area is 145 Å². The largest absolute Gasteiger partial charge is 0.387 e. The van der Waals surface area contributed by atoms with Crippen LogP contribution in [0, 0.1) is 0 Å². The van der Waals surface area contributed by atoms with Crippen molar-refractivity contribution in [3.63, 3.8) is 0 Å². The number of halogens is 2. The van der Waals surface area contributed by atoms with E-state index in [1.165, 1.54) is 0 Å². The Hall–Kier alpha value is -0.870. The van der Waals surface area contributed by atoms with Crippen molar-refractivity contribution < 1.29 is 5.11 Å². The van der Waals surface area contributed by atoms with Crippen LogP contribution in [0.4, 0.5) is 0 Å². The summed E-state index contributed by atoms with van der Waals surface area (Å²) in [6.07, 6.45) is 0.425. The molecule has 2 aromatic rings. The highest BCUT2D eigenvalue weighted by Gasteiger charge is 2.15. The second-order valence-corrected chi connectivity index (χ2v) is 5.08. The van der Waals surface area contributed by atoms with E-state index in [9.17, 15) is 5.11 Å². The van der Waals surface area contributed by atoms with Gasteiger partial charge in [-0.25, -0.2) is 0 Å². The second kappa shape index (κ2) is 10.0. The molecule has 1 aromatic carbocycles. The third kappa shape index (κ3) is 4.82. The fourth-order valence-corrected chi connectivity index (χ4v) is 2.50. The molecule has 0 aliphatic rings. The Balaban J connectivity index is 0.00000220. The first-order chi connectivity index (χ1) is 9.69. The number of aliphatic hydroxyl groups excluding tert-OH is 1. The molecule has 0 aliphatic heterocycles. The lowest BCUT2D eigenvalue weighted by atomic mass is 10.0. The number of fused-ring (bicyclic) bond motifs is 1. The number of hydrogen-bond donors (Lipinski definition) is 1. The second-order valence-electron chi connectivity index (χ2n) is 5.08. The van der Waals surface area contributed by atoms with Crippen LogP contribution in [0.1, 0.15) is 38.1 Å². The quantitative estimate of drug-likeness (QED) is 0.859. The monoisotopic (exact) mass is 344 g/mol. The zero-order valence-corrected chi connectivity index (χ0v) is 15.1. The summed E-state index contributed by atoms with van der Waals surface area (Å²) in [5.41, 5.74) is 2.94. The summed E-state index contributed by atoms with van der Waals surface area (Å²) in [5.74, 6) is 0. The fourth-order valence-electron chi connectivity index (χ4n) is 2.50. The molecule has 1 N–H and O–H groups in total. The van der Waals surface area contributed by atoms with Gasteiger partial charge in [-0.15, -0.1) is 24.8 Å². The Kier molecular flexibility index (Phi) is 9.61. The zero-order chi connectivity index (χ0) is 14.5. The number of aromatic nitrogens is 1. The Bertz CT molecular complexity index is 574. The first-order valence-electron chi connectivity index (χ1n) is 7.48. The summed E-state index contributed by atoms with van der Waals surface area (Å²) in [6, 6.07) is 10.2. The van der Waals surface area contributed by atoms with Crippen molar-refractivity contribution in [3.05, 3.63) is 41.6 Å². The van der Waals surface area contributed by atoms with E-state index in [2.05, 4.69) is 43.9 Å². The minimum atomic E-state index is -0.488. The standard InChI is InChI=1S/C17H24N2O.2ClH/c1-4-14-11-10-13-8-7-9-15(17(13)18-14)16(20)12-19(5-2)6-3;;/h7-11,16,20H,4-6,12H2,1-3H3;2*1H/t16-;;/m1../s1. The number of aliphatic hydroxyl groups is 1. The van der Waals surface area contributed by atoms with E-state index in [1.54, 1.807) is 0 Å². The third-order valence-corrected chi connectivity index (χ3v) is 3.86. The van der Waals surface area contributed by atoms with Crippen LogP contribution in [-0.2, 0) is 6.42 Å². The van der Waals surface area contributed by atoms with Gasteiger partial charge < -0.3 is 10.0 Å². The van der Waals surface area contributed by atoms with Gasteiger partial charge in [0.25, 0.3) is 0 Å². The summed E-state index contributed by atoms with van der Waals surface area (Å²) in [4.78, 5) is 6.92. The predicted molar refractivity (Wildman–Crippen MR) is 98.4 cm³/mol. The predicted octanol–water partition coefficient (Wildman–Crippen LogP) is 4.02. The number of hydrogen-bond acceptors (Lipinski definition) is 3. The van der Waals surface area contributed by atoms with E-state index in [1.807, 2.05) is 12.1 Å². The van der Waals surface area contributed by atoms with E-state index in [0.717, 1.165) is 41.7 Å². The van der Waals surface area contributed by atoms with Crippen LogP contribution < -0.4 is 0 Å². The molecule has 0 fully saturated rings. The van der Waals surface area contributed by atoms with E-state index >= 15 is 0 Å². The van der Waals surface area contributed by atoms with E-state index in [4.69, 9.17) is 4.98 Å². The lowest BCUT2D eigenvalue weighted by Gasteiger charge is -2.22. The molecule has 1 aromatic heterocycles. The average Bonchev–Trinajstić information content (AvgIpc) is 2.51. The number of benzene rings is 1. The molecule has 1 heterocycles. The van der Waals surface area contributed by atoms with Crippen LogP contribution in [0.2, 0.25) is 0 Å². The highest BCUT2D eigenvalue weighted by Crippen LogP contribution is 2.24. The van der Waals surface area contributed by atoms with Crippen LogP contribution in [0.5, 0.6) is 0 Å². The van der Waals surface area contributed by atoms with Gasteiger partial charge in [-0.2, -0.15) is 0 Å². The minimum absolute atomic E-state index is 0. The Morgan fingerprint density at radius 2 is 1.73 bits per heavy atom. The van der Waals surface area contributed by atoms with Crippen molar-refractivity contribution in [2.75, 3.05) is 19.6 Å². The molecule has 0 unspecified atom stereocenters. The molecular weight excluding hydrogens is 319 g/mol. The molecule has 124 valence electrons. The number of nitrogens with zero attached hydrogens (tertiary/aromatic N) is 2. The van der Waals surface area contributed by atoms with Gasteiger partial charge >= 0.3 is 0 Å². The van der Waals surface area contributed by atoms with Gasteiger partial charge in [0, 0.05) is 23.2 Å². The van der Waals surface area contributed by atoms with Crippen LogP contribution >= 0.6 is 24.8 Å². The summed E-state index contributed by atoms with van der Waals surface area (Å²) >= 11 is 0. The van der Waals surface area contributed by atoms with Crippen LogP contribution in [-0.4, -0.2) is 34.6 Å². The lowest BCUT2D eigenvalue weighted by Crippen LogP contribution is -2.28. The van der Waals surface area contributed by atoms with E-state index in [-0.39, 0.29) is 24.8 Å². The molecule has 0 saturated heterocycles. The van der Waals surface area contributed by atoms with E-state index < -0.39 is 6.10 Å². The molecule has 22 heavy (non-hydrogen) atoms. The number of para-hydroxylation sites is 1. The molecule has 3 nitrogen and oxygen atoms in total. The average molecular weight is 345 g/mol. The third-order valence-electron chi connectivity index (χ3n) is 3.86. The van der Waals surface area contributed by atoms with Gasteiger partial charge in [0.15, 0.2) is 0 Å². The molecule has 0 bridgehead atoms. The highest BCUT2D eigenvalue weighted by atomic mass is 35.5. The van der Waals surface area contributed by atoms with Crippen molar-refractivity contribution in [2.45, 2.75) is 33.3 Å². The number of likely N-dealkylation sites (N-methyl/N-ethyl adjacent to an activating group) is 1. The Morgan fingerprint density at radius 3 is 2.32 bits per heavy atom. The summed E-state index contributed by atoms with van der Waals surface area (Å²) in [5, 5.41) is 11.6. The van der Waals surface area contributed by atoms with Gasteiger partial charge in [0.05, 0.1) is 11.6 Å². The van der Waals surface area contributed by atoms with E-state index in [0.29, 0.717) is 6.54 Å². The molecule has 5 heteroatoms. The zero-order valence-electron chi connectivity index (χ0n) is 13.5. The number of aryl methyl sites for hydroxylation is 1. The first kappa shape index (κ1) is 21.1. The molecule has 0 radical (unpaired) electrons. The van der Waals surface area contributed by atoms with Gasteiger partial charge in [0.2, 0.25) is 0 Å². The van der Waals surface area contributed by atoms with Crippen molar-refractivity contribution in [2.24, 2.45) is 0 Å². The van der Waals surface area contributed by atoms with Gasteiger partial charge in [-0.3, -0.25) is 4.98 Å². The van der Waals surface area contributed by atoms with Crippen molar-refractivity contribution in [1.29, 1.82) is 0 Å². The topological polar surface area (TPSA) is 36.4 Å². The number of pyridine rings is 1. The van der Waals surface area contributed by atoms with Crippen molar-refractivity contribution in [1.82, 2.24) is 9.88 Å². The summed E-state index contributed by atoms with van der Waals surface area (Å²) in [6.45, 7) is 8.89. The smallest absolute Gasteiger partial charge is 0.0937 e. The van der Waals surface area contributed by atoms with Crippen molar-refractivity contribution in [3.8, 4) is 0 Å². The van der Waals surface area contributed by atoms with Gasteiger partial charge in [0.1, 0.15) is 0 Å². The SMILES string of the molecule is CCc1ccc2cccc([C@H](O)CN(CC)CC)c2n1.Cl.Cl. The van der Waals surface area contributed by atoms with Gasteiger partial charge in [-0.1, -0.05) is 45.0 Å². The summed E-state index contributed by atoms with van der Waals surface area (Å²) < 4.78 is 0. The maximum Gasteiger partial charge on any atom is 0.0937 e. The molecule has 2 rings (SSSR count). The van der Waals surface area contributed by atoms with Gasteiger partial charge in [-0.05, 0) is 25.6 Å². The normalized spacial score (nSPS) is 11.9. The highest BCUT2D eigenvalue weighted by molar-refractivity contribution is 5.85. The maximum atomic E-state index is 10.5. The molecule has 0 saturated carbocycles. The molecule has 0 aliphatic carbocycles. The van der Waals surface area contributed by atoms with Crippen LogP contribution in [0.15, 0.2) is 30.3 Å². The van der Waals surface area contributed by atoms with Crippen LogP contribution in [0.3, 0.4) is 0 Å².